The summed E-state index contributed by atoms with van der Waals surface area (Å²) >= 11 is 0. The summed E-state index contributed by atoms with van der Waals surface area (Å²) in [6.07, 6.45) is 3.70. The van der Waals surface area contributed by atoms with E-state index in [0.717, 1.165) is 44.6 Å². The van der Waals surface area contributed by atoms with E-state index in [-0.39, 0.29) is 17.4 Å². The molecule has 0 aromatic carbocycles. The summed E-state index contributed by atoms with van der Waals surface area (Å²) in [5, 5.41) is 23.2. The monoisotopic (exact) mass is 301 g/mol. The van der Waals surface area contributed by atoms with E-state index >= 15 is 0 Å². The van der Waals surface area contributed by atoms with E-state index < -0.39 is 0 Å². The molecule has 0 radical (unpaired) electrons. The Hall–Kier alpha value is -1.64. The second-order valence-electron chi connectivity index (χ2n) is 6.56. The first-order valence-corrected chi connectivity index (χ1v) is 8.02. The van der Waals surface area contributed by atoms with Crippen LogP contribution in [0.2, 0.25) is 0 Å². The number of hydrogen-bond acceptors (Lipinski definition) is 5. The molecule has 5 nitrogen and oxygen atoms in total. The molecule has 2 N–H and O–H groups in total. The highest BCUT2D eigenvalue weighted by Gasteiger charge is 2.47. The first-order chi connectivity index (χ1) is 10.6. The van der Waals surface area contributed by atoms with Crippen LogP contribution in [0.3, 0.4) is 0 Å². The molecule has 0 amide bonds. The molecule has 2 unspecified atom stereocenters. The van der Waals surface area contributed by atoms with E-state index in [9.17, 15) is 5.11 Å². The van der Waals surface area contributed by atoms with Crippen molar-refractivity contribution >= 4 is 5.82 Å². The Morgan fingerprint density at radius 3 is 2.91 bits per heavy atom. The largest absolute Gasteiger partial charge is 0.392 e. The van der Waals surface area contributed by atoms with Crippen LogP contribution in [0, 0.1) is 29.6 Å². The predicted molar refractivity (Wildman–Crippen MR) is 83.4 cm³/mol. The first-order valence-electron chi connectivity index (χ1n) is 8.02. The highest BCUT2D eigenvalue weighted by Crippen LogP contribution is 2.48. The van der Waals surface area contributed by atoms with Gasteiger partial charge in [-0.1, -0.05) is 0 Å². The van der Waals surface area contributed by atoms with E-state index in [4.69, 9.17) is 10.00 Å². The van der Waals surface area contributed by atoms with Crippen molar-refractivity contribution in [3.8, 4) is 6.07 Å². The molecule has 2 fully saturated rings. The third-order valence-electron chi connectivity index (χ3n) is 5.26. The molecule has 2 heterocycles. The molecule has 3 rings (SSSR count). The van der Waals surface area contributed by atoms with Gasteiger partial charge in [0, 0.05) is 36.8 Å². The minimum Gasteiger partial charge on any atom is -0.392 e. The second-order valence-corrected chi connectivity index (χ2v) is 6.56. The summed E-state index contributed by atoms with van der Waals surface area (Å²) < 4.78 is 5.44. The molecule has 1 aromatic rings. The quantitative estimate of drug-likeness (QED) is 0.895. The van der Waals surface area contributed by atoms with Gasteiger partial charge in [-0.25, -0.2) is 4.98 Å². The van der Waals surface area contributed by atoms with Gasteiger partial charge < -0.3 is 15.2 Å². The van der Waals surface area contributed by atoms with Crippen molar-refractivity contribution in [2.45, 2.75) is 38.7 Å². The fourth-order valence-electron chi connectivity index (χ4n) is 3.83. The Morgan fingerprint density at radius 2 is 2.18 bits per heavy atom. The Bertz CT molecular complexity index is 576. The lowest BCUT2D eigenvalue weighted by Gasteiger charge is -2.37. The standard InChI is InChI=1S/C17H23N3O2/c1-12-2-3-13(10-18)16(20-12)19-11-14-4-5-17(15(14)21)6-8-22-9-7-17/h2-3,14-15,21H,4-9,11H2,1H3,(H,19,20). The summed E-state index contributed by atoms with van der Waals surface area (Å²) in [7, 11) is 0. The normalized spacial score (nSPS) is 26.8. The SMILES string of the molecule is Cc1ccc(C#N)c(NCC2CCC3(CCOCC3)C2O)n1. The van der Waals surface area contributed by atoms with Crippen molar-refractivity contribution < 1.29 is 9.84 Å². The molecule has 2 atom stereocenters. The molecule has 1 saturated carbocycles. The molecule has 2 aliphatic rings. The van der Waals surface area contributed by atoms with Crippen molar-refractivity contribution in [2.75, 3.05) is 25.1 Å². The summed E-state index contributed by atoms with van der Waals surface area (Å²) in [6.45, 7) is 4.09. The number of nitrogens with one attached hydrogen (secondary N) is 1. The summed E-state index contributed by atoms with van der Waals surface area (Å²) in [6, 6.07) is 5.79. The van der Waals surface area contributed by atoms with Crippen LogP contribution in [0.5, 0.6) is 0 Å². The average molecular weight is 301 g/mol. The number of pyridine rings is 1. The third kappa shape index (κ3) is 2.81. The number of ether oxygens (including phenoxy) is 1. The van der Waals surface area contributed by atoms with E-state index in [1.165, 1.54) is 0 Å². The van der Waals surface area contributed by atoms with Crippen molar-refractivity contribution in [1.82, 2.24) is 4.98 Å². The Balaban J connectivity index is 1.65. The van der Waals surface area contributed by atoms with E-state index in [1.54, 1.807) is 6.07 Å². The smallest absolute Gasteiger partial charge is 0.144 e. The van der Waals surface area contributed by atoms with Gasteiger partial charge >= 0.3 is 0 Å². The van der Waals surface area contributed by atoms with Crippen LogP contribution in [-0.2, 0) is 4.74 Å². The van der Waals surface area contributed by atoms with Gasteiger partial charge in [-0.15, -0.1) is 0 Å². The average Bonchev–Trinajstić information content (AvgIpc) is 2.83. The molecular formula is C17H23N3O2. The molecule has 5 heteroatoms. The zero-order valence-corrected chi connectivity index (χ0v) is 13.0. The zero-order valence-electron chi connectivity index (χ0n) is 13.0. The van der Waals surface area contributed by atoms with Crippen LogP contribution in [-0.4, -0.2) is 36.0 Å². The summed E-state index contributed by atoms with van der Waals surface area (Å²) in [5.41, 5.74) is 1.48. The van der Waals surface area contributed by atoms with Gasteiger partial charge in [0.2, 0.25) is 0 Å². The van der Waals surface area contributed by atoms with Gasteiger partial charge in [-0.05, 0) is 44.7 Å². The zero-order chi connectivity index (χ0) is 15.6. The summed E-state index contributed by atoms with van der Waals surface area (Å²) in [5.74, 6) is 0.842. The molecule has 1 aliphatic heterocycles. The predicted octanol–water partition coefficient (Wildman–Crippen LogP) is 2.24. The van der Waals surface area contributed by atoms with Crippen LogP contribution < -0.4 is 5.32 Å². The molecule has 1 saturated heterocycles. The van der Waals surface area contributed by atoms with Crippen LogP contribution in [0.15, 0.2) is 12.1 Å². The van der Waals surface area contributed by atoms with Crippen LogP contribution in [0.1, 0.15) is 36.9 Å². The number of aryl methyl sites for hydroxylation is 1. The first kappa shape index (κ1) is 15.3. The number of rotatable bonds is 3. The lowest BCUT2D eigenvalue weighted by atomic mass is 9.76. The van der Waals surface area contributed by atoms with Crippen molar-refractivity contribution in [3.63, 3.8) is 0 Å². The van der Waals surface area contributed by atoms with Crippen molar-refractivity contribution in [3.05, 3.63) is 23.4 Å². The molecule has 1 aromatic heterocycles. The van der Waals surface area contributed by atoms with Crippen LogP contribution in [0.25, 0.3) is 0 Å². The topological polar surface area (TPSA) is 78.2 Å². The molecule has 1 aliphatic carbocycles. The number of nitriles is 1. The number of nitrogens with zero attached hydrogens (tertiary/aromatic N) is 2. The number of aromatic nitrogens is 1. The van der Waals surface area contributed by atoms with Crippen molar-refractivity contribution in [2.24, 2.45) is 11.3 Å². The highest BCUT2D eigenvalue weighted by atomic mass is 16.5. The fourth-order valence-corrected chi connectivity index (χ4v) is 3.83. The maximum absolute atomic E-state index is 10.7. The Kier molecular flexibility index (Phi) is 4.32. The minimum absolute atomic E-state index is 0.0443. The lowest BCUT2D eigenvalue weighted by molar-refractivity contribution is -0.0545. The lowest BCUT2D eigenvalue weighted by Crippen LogP contribution is -2.40. The number of aliphatic hydroxyl groups excluding tert-OH is 1. The summed E-state index contributed by atoms with van der Waals surface area (Å²) in [4.78, 5) is 4.40. The molecule has 0 bridgehead atoms. The van der Waals surface area contributed by atoms with Gasteiger partial charge in [0.25, 0.3) is 0 Å². The molecule has 118 valence electrons. The van der Waals surface area contributed by atoms with Gasteiger partial charge in [0.1, 0.15) is 11.9 Å². The molecular weight excluding hydrogens is 278 g/mol. The Morgan fingerprint density at radius 1 is 1.41 bits per heavy atom. The van der Waals surface area contributed by atoms with E-state index in [2.05, 4.69) is 16.4 Å². The van der Waals surface area contributed by atoms with E-state index in [1.807, 2.05) is 13.0 Å². The maximum Gasteiger partial charge on any atom is 0.144 e. The van der Waals surface area contributed by atoms with Gasteiger partial charge in [0.05, 0.1) is 11.7 Å². The van der Waals surface area contributed by atoms with Crippen molar-refractivity contribution in [1.29, 1.82) is 5.26 Å². The minimum atomic E-state index is -0.292. The Labute approximate surface area is 131 Å². The highest BCUT2D eigenvalue weighted by molar-refractivity contribution is 5.52. The van der Waals surface area contributed by atoms with E-state index in [0.29, 0.717) is 17.9 Å². The fraction of sp³-hybridized carbons (Fsp3) is 0.647. The van der Waals surface area contributed by atoms with Crippen LogP contribution in [0.4, 0.5) is 5.82 Å². The van der Waals surface area contributed by atoms with Gasteiger partial charge in [-0.3, -0.25) is 0 Å². The number of aliphatic hydroxyl groups is 1. The van der Waals surface area contributed by atoms with Gasteiger partial charge in [-0.2, -0.15) is 5.26 Å². The van der Waals surface area contributed by atoms with Crippen LogP contribution >= 0.6 is 0 Å². The van der Waals surface area contributed by atoms with Gasteiger partial charge in [0.15, 0.2) is 0 Å². The maximum atomic E-state index is 10.7. The third-order valence-corrected chi connectivity index (χ3v) is 5.26. The molecule has 1 spiro atoms. The molecule has 22 heavy (non-hydrogen) atoms. The number of hydrogen-bond donors (Lipinski definition) is 2. The number of anilines is 1. The second kappa shape index (κ2) is 6.23.